The predicted molar refractivity (Wildman–Crippen MR) is 283 cm³/mol. The Kier molecular flexibility index (Phi) is 25.4. The molecule has 0 bridgehead atoms. The monoisotopic (exact) mass is 1070 g/mol. The van der Waals surface area contributed by atoms with Crippen molar-refractivity contribution in [3.05, 3.63) is 65.8 Å². The maximum atomic E-state index is 14.3. The lowest BCUT2D eigenvalue weighted by Crippen LogP contribution is -2.57. The molecule has 76 heavy (non-hydrogen) atoms. The molecule has 1 spiro atoms. The van der Waals surface area contributed by atoms with Crippen LogP contribution in [0.5, 0.6) is 0 Å². The minimum Gasteiger partial charge on any atom is -0.459 e. The SMILES string of the molecule is CC(=O)O[C@@H](C)/C=C\C(=O)N[C@@H]1C[C@H](C)[C@H](C/C=C(C)/C=C/[C@@H]2C[C@]3(CO3)C[C@@H](CC(=O)NCNC(=O)OCc3ccc(N(C(=O)[C@@H](NC(=O)CCCCCN)C(C)C)[C@@H](CCCNC(N)=O)C(N)=O)cc3)O2)O[C@@H]1C. The van der Waals surface area contributed by atoms with Crippen LogP contribution in [0.15, 0.2) is 60.2 Å². The van der Waals surface area contributed by atoms with Gasteiger partial charge in [0.1, 0.15) is 24.8 Å². The highest BCUT2D eigenvalue weighted by atomic mass is 16.6. The molecule has 4 rings (SSSR count). The number of ether oxygens (including phenoxy) is 5. The van der Waals surface area contributed by atoms with Crippen LogP contribution >= 0.6 is 0 Å². The van der Waals surface area contributed by atoms with Gasteiger partial charge in [-0.2, -0.15) is 0 Å². The number of allylic oxidation sites excluding steroid dienone is 2. The second kappa shape index (κ2) is 31.0. The van der Waals surface area contributed by atoms with Gasteiger partial charge >= 0.3 is 18.1 Å². The quantitative estimate of drug-likeness (QED) is 0.0142. The van der Waals surface area contributed by atoms with E-state index in [9.17, 15) is 38.4 Å². The molecule has 3 heterocycles. The van der Waals surface area contributed by atoms with Crippen molar-refractivity contribution in [3.8, 4) is 0 Å². The lowest BCUT2D eigenvalue weighted by atomic mass is 9.88. The number of alkyl carbamates (subject to hydrolysis) is 1. The summed E-state index contributed by atoms with van der Waals surface area (Å²) in [6.45, 7) is 13.5. The third-order valence-corrected chi connectivity index (χ3v) is 13.5. The van der Waals surface area contributed by atoms with E-state index >= 15 is 0 Å². The summed E-state index contributed by atoms with van der Waals surface area (Å²) in [5.74, 6) is -2.87. The summed E-state index contributed by atoms with van der Waals surface area (Å²) < 4.78 is 28.9. The fraction of sp³-hybridized carbons (Fsp3) is 0.630. The molecule has 1 aromatic carbocycles. The molecule has 3 fully saturated rings. The van der Waals surface area contributed by atoms with E-state index in [0.29, 0.717) is 50.1 Å². The number of urea groups is 1. The number of hydrogen-bond donors (Lipinski definition) is 8. The Morgan fingerprint density at radius 3 is 2.26 bits per heavy atom. The van der Waals surface area contributed by atoms with E-state index in [4.69, 9.17) is 40.9 Å². The van der Waals surface area contributed by atoms with Crippen molar-refractivity contribution < 1.29 is 62.0 Å². The third-order valence-electron chi connectivity index (χ3n) is 13.5. The van der Waals surface area contributed by atoms with E-state index in [1.807, 2.05) is 26.0 Å². The van der Waals surface area contributed by atoms with Gasteiger partial charge in [0, 0.05) is 44.5 Å². The lowest BCUT2D eigenvalue weighted by Gasteiger charge is -2.39. The fourth-order valence-corrected chi connectivity index (χ4v) is 9.21. The van der Waals surface area contributed by atoms with Crippen LogP contribution < -0.4 is 48.7 Å². The molecule has 8 amide bonds. The number of rotatable bonds is 29. The van der Waals surface area contributed by atoms with Crippen LogP contribution in [0.3, 0.4) is 0 Å². The van der Waals surface area contributed by atoms with Crippen LogP contribution in [-0.4, -0.2) is 128 Å². The van der Waals surface area contributed by atoms with Gasteiger partial charge in [-0.05, 0) is 101 Å². The zero-order chi connectivity index (χ0) is 56.0. The number of epoxide rings is 1. The Hall–Kier alpha value is -6.36. The van der Waals surface area contributed by atoms with Gasteiger partial charge < -0.3 is 67.5 Å². The molecular weight excluding hydrogens is 983 g/mol. The largest absolute Gasteiger partial charge is 0.459 e. The number of nitrogens with one attached hydrogen (secondary N) is 5. The van der Waals surface area contributed by atoms with Crippen molar-refractivity contribution in [1.82, 2.24) is 26.6 Å². The molecular formula is C54H83N9O13. The van der Waals surface area contributed by atoms with Crippen molar-refractivity contribution >= 4 is 53.3 Å². The van der Waals surface area contributed by atoms with Crippen LogP contribution in [0.25, 0.3) is 0 Å². The average molecular weight is 1070 g/mol. The molecule has 22 nitrogen and oxygen atoms in total. The molecule has 422 valence electrons. The summed E-state index contributed by atoms with van der Waals surface area (Å²) in [7, 11) is 0. The molecule has 11 N–H and O–H groups in total. The summed E-state index contributed by atoms with van der Waals surface area (Å²) >= 11 is 0. The minimum atomic E-state index is -1.15. The number of benzene rings is 1. The first-order valence-corrected chi connectivity index (χ1v) is 26.5. The number of anilines is 1. The highest BCUT2D eigenvalue weighted by molar-refractivity contribution is 6.04. The summed E-state index contributed by atoms with van der Waals surface area (Å²) in [5.41, 5.74) is 18.2. The van der Waals surface area contributed by atoms with Gasteiger partial charge in [0.15, 0.2) is 0 Å². The number of amides is 8. The number of carbonyl (C=O) groups is 8. The molecule has 22 heteroatoms. The van der Waals surface area contributed by atoms with E-state index in [1.165, 1.54) is 24.0 Å². The van der Waals surface area contributed by atoms with Crippen LogP contribution in [0.1, 0.15) is 125 Å². The van der Waals surface area contributed by atoms with Crippen LogP contribution in [0.4, 0.5) is 15.3 Å². The molecule has 1 aromatic rings. The number of carbonyl (C=O) groups excluding carboxylic acids is 8. The standard InChI is InChI=1S/C54H83N9O13/c1-33(2)49(62-46(65)13-9-8-10-24-55)51(69)63(44(50(56)68)12-11-25-58-52(57)70)40-19-17-39(18-20-40)30-72-53(71)60-32-59-48(67)27-42-29-54(31-73-54)28-41(76-42)21-14-34(3)15-22-45-35(4)26-43(37(6)75-45)61-47(66)23-16-36(5)74-38(7)64/h14-21,23,33,35-37,41-45,49H,8-13,22,24-32,55H2,1-7H3,(H2,56,68)(H,59,67)(H,60,71)(H,61,66)(H,62,65)(H3,57,58,70)/b21-14+,23-16-,34-15+/t35-,36-,37+,41+,42+,43+,44-,45-,49-,54+/m0/s1. The van der Waals surface area contributed by atoms with Crippen molar-refractivity contribution in [3.63, 3.8) is 0 Å². The first kappa shape index (κ1) is 62.2. The van der Waals surface area contributed by atoms with Crippen LogP contribution in [0, 0.1) is 11.8 Å². The van der Waals surface area contributed by atoms with Crippen LogP contribution in [0.2, 0.25) is 0 Å². The summed E-state index contributed by atoms with van der Waals surface area (Å²) in [6.07, 6.45) is 12.1. The number of esters is 1. The lowest BCUT2D eigenvalue weighted by molar-refractivity contribution is -0.143. The Balaban J connectivity index is 1.25. The number of unbranched alkanes of at least 4 members (excludes halogenated alkanes) is 2. The summed E-state index contributed by atoms with van der Waals surface area (Å²) in [4.78, 5) is 102. The number of hydrogen-bond acceptors (Lipinski definition) is 14. The first-order valence-electron chi connectivity index (χ1n) is 26.5. The van der Waals surface area contributed by atoms with Gasteiger partial charge in [0.05, 0.1) is 55.8 Å². The van der Waals surface area contributed by atoms with Gasteiger partial charge in [-0.3, -0.25) is 33.7 Å². The Bertz CT molecular complexity index is 2220. The highest BCUT2D eigenvalue weighted by Gasteiger charge is 2.51. The average Bonchev–Trinajstić information content (AvgIpc) is 4.10. The molecule has 0 saturated carbocycles. The topological polar surface area (TPSA) is 327 Å². The molecule has 0 aliphatic carbocycles. The minimum absolute atomic E-state index is 0.0366. The van der Waals surface area contributed by atoms with Gasteiger partial charge in [-0.1, -0.05) is 63.1 Å². The van der Waals surface area contributed by atoms with E-state index < -0.39 is 54.2 Å². The highest BCUT2D eigenvalue weighted by Crippen LogP contribution is 2.43. The van der Waals surface area contributed by atoms with Gasteiger partial charge in [0.25, 0.3) is 5.91 Å². The smallest absolute Gasteiger partial charge is 0.408 e. The molecule has 3 aliphatic heterocycles. The molecule has 3 aliphatic rings. The van der Waals surface area contributed by atoms with Crippen molar-refractivity contribution in [2.45, 2.75) is 180 Å². The first-order chi connectivity index (χ1) is 36.1. The Labute approximate surface area is 446 Å². The summed E-state index contributed by atoms with van der Waals surface area (Å²) in [6, 6.07) is 3.34. The number of nitrogens with zero attached hydrogens (tertiary/aromatic N) is 1. The maximum Gasteiger partial charge on any atom is 0.408 e. The third kappa shape index (κ3) is 21.7. The predicted octanol–water partition coefficient (Wildman–Crippen LogP) is 3.69. The van der Waals surface area contributed by atoms with Crippen LogP contribution in [-0.2, 0) is 59.1 Å². The molecule has 0 aromatic heterocycles. The fourth-order valence-electron chi connectivity index (χ4n) is 9.21. The molecule has 0 radical (unpaired) electrons. The normalized spacial score (nSPS) is 23.5. The molecule has 10 atom stereocenters. The number of primary amides is 2. The van der Waals surface area contributed by atoms with Gasteiger partial charge in [0.2, 0.25) is 23.6 Å². The maximum absolute atomic E-state index is 14.3. The Morgan fingerprint density at radius 1 is 0.895 bits per heavy atom. The van der Waals surface area contributed by atoms with Crippen molar-refractivity contribution in [2.75, 3.05) is 31.3 Å². The second-order valence-electron chi connectivity index (χ2n) is 20.4. The summed E-state index contributed by atoms with van der Waals surface area (Å²) in [5, 5.41) is 13.5. The van der Waals surface area contributed by atoms with Gasteiger partial charge in [-0.25, -0.2) is 9.59 Å². The van der Waals surface area contributed by atoms with Crippen molar-refractivity contribution in [1.29, 1.82) is 0 Å². The van der Waals surface area contributed by atoms with Crippen molar-refractivity contribution in [2.24, 2.45) is 29.0 Å². The zero-order valence-electron chi connectivity index (χ0n) is 45.3. The molecule has 3 saturated heterocycles. The number of nitrogens with two attached hydrogens (primary N) is 3. The van der Waals surface area contributed by atoms with E-state index in [2.05, 4.69) is 39.6 Å². The van der Waals surface area contributed by atoms with E-state index in [-0.39, 0.29) is 105 Å². The second-order valence-corrected chi connectivity index (χ2v) is 20.4. The van der Waals surface area contributed by atoms with E-state index in [1.54, 1.807) is 45.0 Å². The Morgan fingerprint density at radius 2 is 1.62 bits per heavy atom. The van der Waals surface area contributed by atoms with E-state index in [0.717, 1.165) is 24.8 Å². The van der Waals surface area contributed by atoms with Gasteiger partial charge in [-0.15, -0.1) is 0 Å². The zero-order valence-corrected chi connectivity index (χ0v) is 45.3. The molecule has 0 unspecified atom stereocenters.